The maximum Gasteiger partial charge on any atom is 0.252 e. The van der Waals surface area contributed by atoms with Crippen molar-refractivity contribution in [2.75, 3.05) is 38.5 Å². The molecule has 2 aliphatic heterocycles. The Balaban J connectivity index is 1.58. The van der Waals surface area contributed by atoms with E-state index in [9.17, 15) is 9.59 Å². The van der Waals surface area contributed by atoms with Gasteiger partial charge in [0, 0.05) is 43.2 Å². The molecule has 2 aliphatic rings. The maximum atomic E-state index is 13.0. The highest BCUT2D eigenvalue weighted by Crippen LogP contribution is 2.27. The van der Waals surface area contributed by atoms with E-state index < -0.39 is 0 Å². The number of hydrogen-bond acceptors (Lipinski definition) is 4. The van der Waals surface area contributed by atoms with E-state index in [1.807, 2.05) is 29.2 Å². The highest BCUT2D eigenvalue weighted by molar-refractivity contribution is 8.00. The van der Waals surface area contributed by atoms with Gasteiger partial charge in [-0.1, -0.05) is 26.0 Å². The first kappa shape index (κ1) is 23.1. The summed E-state index contributed by atoms with van der Waals surface area (Å²) in [5.74, 6) is 1.88. The van der Waals surface area contributed by atoms with Crippen LogP contribution in [0.5, 0.6) is 0 Å². The standard InChI is InChI=1S/C24H37N3O2S/c1-18-13-19(2)15-27(14-18)24(3,4)17-25-23(29)20-9-5-6-10-21(20)30-16-22(28)26-11-7-8-12-26/h5-6,9-10,18-19H,7-8,11-17H2,1-4H3,(H,25,29). The van der Waals surface area contributed by atoms with Crippen molar-refractivity contribution < 1.29 is 9.59 Å². The lowest BCUT2D eigenvalue weighted by Crippen LogP contribution is -2.56. The van der Waals surface area contributed by atoms with E-state index in [0.29, 0.717) is 29.7 Å². The van der Waals surface area contributed by atoms with Gasteiger partial charge in [0.05, 0.1) is 11.3 Å². The molecule has 0 spiro atoms. The van der Waals surface area contributed by atoms with Gasteiger partial charge in [0.25, 0.3) is 5.91 Å². The molecule has 1 aromatic carbocycles. The van der Waals surface area contributed by atoms with Crippen molar-refractivity contribution in [2.24, 2.45) is 11.8 Å². The fraction of sp³-hybridized carbons (Fsp3) is 0.667. The summed E-state index contributed by atoms with van der Waals surface area (Å²) in [6.07, 6.45) is 3.47. The third kappa shape index (κ3) is 6.01. The monoisotopic (exact) mass is 431 g/mol. The predicted octanol–water partition coefficient (Wildman–Crippen LogP) is 3.89. The second kappa shape index (κ2) is 10.2. The number of amides is 2. The first-order valence-electron chi connectivity index (χ1n) is 11.3. The van der Waals surface area contributed by atoms with Crippen molar-refractivity contribution in [3.05, 3.63) is 29.8 Å². The van der Waals surface area contributed by atoms with Crippen molar-refractivity contribution in [1.29, 1.82) is 0 Å². The Bertz CT molecular complexity index is 736. The summed E-state index contributed by atoms with van der Waals surface area (Å²) in [7, 11) is 0. The minimum absolute atomic E-state index is 0.0575. The van der Waals surface area contributed by atoms with Crippen molar-refractivity contribution in [2.45, 2.75) is 57.4 Å². The van der Waals surface area contributed by atoms with E-state index in [0.717, 1.165) is 43.9 Å². The lowest BCUT2D eigenvalue weighted by atomic mass is 9.88. The van der Waals surface area contributed by atoms with Crippen LogP contribution in [0.2, 0.25) is 0 Å². The van der Waals surface area contributed by atoms with Crippen LogP contribution in [0.1, 0.15) is 57.3 Å². The van der Waals surface area contributed by atoms with Gasteiger partial charge >= 0.3 is 0 Å². The minimum atomic E-state index is -0.0909. The smallest absolute Gasteiger partial charge is 0.252 e. The zero-order chi connectivity index (χ0) is 21.7. The number of carbonyl (C=O) groups excluding carboxylic acids is 2. The summed E-state index contributed by atoms with van der Waals surface area (Å²) in [4.78, 5) is 30.7. The summed E-state index contributed by atoms with van der Waals surface area (Å²) >= 11 is 1.47. The molecule has 2 fully saturated rings. The van der Waals surface area contributed by atoms with E-state index in [4.69, 9.17) is 0 Å². The second-order valence-electron chi connectivity index (χ2n) is 9.72. The molecule has 0 bridgehead atoms. The average molecular weight is 432 g/mol. The third-order valence-corrected chi connectivity index (χ3v) is 7.41. The highest BCUT2D eigenvalue weighted by Gasteiger charge is 2.33. The Morgan fingerprint density at radius 3 is 2.40 bits per heavy atom. The molecule has 2 unspecified atom stereocenters. The summed E-state index contributed by atoms with van der Waals surface area (Å²) < 4.78 is 0. The van der Waals surface area contributed by atoms with Crippen LogP contribution in [0.25, 0.3) is 0 Å². The van der Waals surface area contributed by atoms with Crippen LogP contribution in [0.4, 0.5) is 0 Å². The predicted molar refractivity (Wildman–Crippen MR) is 124 cm³/mol. The molecule has 2 amide bonds. The summed E-state index contributed by atoms with van der Waals surface area (Å²) in [6, 6.07) is 7.62. The van der Waals surface area contributed by atoms with Gasteiger partial charge in [0.2, 0.25) is 5.91 Å². The Hall–Kier alpha value is -1.53. The Morgan fingerprint density at radius 2 is 1.73 bits per heavy atom. The largest absolute Gasteiger partial charge is 0.350 e. The van der Waals surface area contributed by atoms with E-state index in [2.05, 4.69) is 37.9 Å². The minimum Gasteiger partial charge on any atom is -0.350 e. The molecule has 30 heavy (non-hydrogen) atoms. The maximum absolute atomic E-state index is 13.0. The molecule has 166 valence electrons. The first-order chi connectivity index (χ1) is 14.3. The van der Waals surface area contributed by atoms with Gasteiger partial charge in [-0.3, -0.25) is 14.5 Å². The quantitative estimate of drug-likeness (QED) is 0.666. The zero-order valence-corrected chi connectivity index (χ0v) is 19.8. The number of likely N-dealkylation sites (tertiary alicyclic amines) is 2. The molecule has 2 atom stereocenters. The van der Waals surface area contributed by atoms with Gasteiger partial charge in [0.15, 0.2) is 0 Å². The molecular formula is C24H37N3O2S. The van der Waals surface area contributed by atoms with Crippen LogP contribution in [-0.2, 0) is 4.79 Å². The van der Waals surface area contributed by atoms with Crippen molar-refractivity contribution in [1.82, 2.24) is 15.1 Å². The van der Waals surface area contributed by atoms with Crippen molar-refractivity contribution >= 4 is 23.6 Å². The van der Waals surface area contributed by atoms with Crippen LogP contribution in [0.3, 0.4) is 0 Å². The number of carbonyl (C=O) groups is 2. The van der Waals surface area contributed by atoms with Gasteiger partial charge in [0.1, 0.15) is 0 Å². The molecule has 0 radical (unpaired) electrons. The van der Waals surface area contributed by atoms with Crippen molar-refractivity contribution in [3.8, 4) is 0 Å². The van der Waals surface area contributed by atoms with Gasteiger partial charge in [-0.05, 0) is 57.1 Å². The van der Waals surface area contributed by atoms with E-state index in [-0.39, 0.29) is 17.4 Å². The Labute approximate surface area is 186 Å². The van der Waals surface area contributed by atoms with Crippen LogP contribution in [0, 0.1) is 11.8 Å². The number of piperidine rings is 1. The number of thioether (sulfide) groups is 1. The normalized spacial score (nSPS) is 22.9. The fourth-order valence-electron chi connectivity index (χ4n) is 4.64. The molecule has 1 N–H and O–H groups in total. The second-order valence-corrected chi connectivity index (χ2v) is 10.7. The van der Waals surface area contributed by atoms with Gasteiger partial charge < -0.3 is 10.2 Å². The number of nitrogens with zero attached hydrogens (tertiary/aromatic N) is 2. The average Bonchev–Trinajstić information content (AvgIpc) is 3.25. The molecule has 3 rings (SSSR count). The molecule has 0 aliphatic carbocycles. The summed E-state index contributed by atoms with van der Waals surface area (Å²) in [6.45, 7) is 13.6. The van der Waals surface area contributed by atoms with E-state index in [1.165, 1.54) is 18.2 Å². The lowest BCUT2D eigenvalue weighted by Gasteiger charge is -2.45. The van der Waals surface area contributed by atoms with Crippen molar-refractivity contribution in [3.63, 3.8) is 0 Å². The molecule has 1 aromatic rings. The lowest BCUT2D eigenvalue weighted by molar-refractivity contribution is -0.127. The molecule has 0 saturated carbocycles. The van der Waals surface area contributed by atoms with Crippen LogP contribution in [0.15, 0.2) is 29.2 Å². The molecule has 0 aromatic heterocycles. The summed E-state index contributed by atoms with van der Waals surface area (Å²) in [5, 5.41) is 3.16. The fourth-order valence-corrected chi connectivity index (χ4v) is 5.59. The Kier molecular flexibility index (Phi) is 7.86. The molecule has 5 nitrogen and oxygen atoms in total. The number of benzene rings is 1. The zero-order valence-electron chi connectivity index (χ0n) is 18.9. The van der Waals surface area contributed by atoms with Crippen LogP contribution in [-0.4, -0.2) is 65.6 Å². The number of nitrogens with one attached hydrogen (secondary N) is 1. The molecule has 2 heterocycles. The molecule has 2 saturated heterocycles. The van der Waals surface area contributed by atoms with Gasteiger partial charge in [-0.15, -0.1) is 11.8 Å². The van der Waals surface area contributed by atoms with E-state index in [1.54, 1.807) is 0 Å². The summed E-state index contributed by atoms with van der Waals surface area (Å²) in [5.41, 5.74) is 0.569. The van der Waals surface area contributed by atoms with Gasteiger partial charge in [-0.2, -0.15) is 0 Å². The molecule has 6 heteroatoms. The van der Waals surface area contributed by atoms with Crippen LogP contribution < -0.4 is 5.32 Å². The van der Waals surface area contributed by atoms with Crippen LogP contribution >= 0.6 is 11.8 Å². The Morgan fingerprint density at radius 1 is 1.10 bits per heavy atom. The molecular weight excluding hydrogens is 394 g/mol. The first-order valence-corrected chi connectivity index (χ1v) is 12.3. The number of rotatable bonds is 7. The topological polar surface area (TPSA) is 52.7 Å². The number of hydrogen-bond donors (Lipinski definition) is 1. The highest BCUT2D eigenvalue weighted by atomic mass is 32.2. The SMILES string of the molecule is CC1CC(C)CN(C(C)(C)CNC(=O)c2ccccc2SCC(=O)N2CCCC2)C1. The van der Waals surface area contributed by atoms with E-state index >= 15 is 0 Å². The third-order valence-electron chi connectivity index (χ3n) is 6.35. The van der Waals surface area contributed by atoms with Gasteiger partial charge in [-0.25, -0.2) is 0 Å².